The molecule has 1 aromatic rings. The summed E-state index contributed by atoms with van der Waals surface area (Å²) in [5, 5.41) is 7.61. The molecular formula is C14H25N5. The van der Waals surface area contributed by atoms with Crippen molar-refractivity contribution in [1.82, 2.24) is 9.78 Å². The van der Waals surface area contributed by atoms with Gasteiger partial charge >= 0.3 is 0 Å². The van der Waals surface area contributed by atoms with Crippen LogP contribution in [0.4, 0.5) is 5.69 Å². The van der Waals surface area contributed by atoms with Crippen molar-refractivity contribution in [3.8, 4) is 0 Å². The number of rotatable bonds is 6. The van der Waals surface area contributed by atoms with Crippen molar-refractivity contribution in [3.05, 3.63) is 12.4 Å². The molecular weight excluding hydrogens is 238 g/mol. The lowest BCUT2D eigenvalue weighted by molar-refractivity contribution is 0.391. The third-order valence-corrected chi connectivity index (χ3v) is 2.94. The number of nitrogens with zero attached hydrogens (tertiary/aromatic N) is 4. The van der Waals surface area contributed by atoms with Crippen LogP contribution in [-0.4, -0.2) is 29.0 Å². The number of anilines is 1. The van der Waals surface area contributed by atoms with Gasteiger partial charge in [-0.3, -0.25) is 9.67 Å². The van der Waals surface area contributed by atoms with E-state index in [2.05, 4.69) is 38.9 Å². The van der Waals surface area contributed by atoms with Crippen molar-refractivity contribution in [1.29, 1.82) is 0 Å². The van der Waals surface area contributed by atoms with E-state index in [0.29, 0.717) is 12.0 Å². The van der Waals surface area contributed by atoms with E-state index in [9.17, 15) is 0 Å². The molecule has 1 N–H and O–H groups in total. The van der Waals surface area contributed by atoms with Crippen LogP contribution in [0.15, 0.2) is 22.4 Å². The Labute approximate surface area is 115 Å². The van der Waals surface area contributed by atoms with Gasteiger partial charge in [-0.05, 0) is 19.8 Å². The summed E-state index contributed by atoms with van der Waals surface area (Å²) in [5.41, 5.74) is 0.934. The van der Waals surface area contributed by atoms with Gasteiger partial charge in [0.05, 0.1) is 17.9 Å². The van der Waals surface area contributed by atoms with Gasteiger partial charge < -0.3 is 5.32 Å². The molecule has 0 saturated heterocycles. The number of hydrogen-bond acceptors (Lipinski definition) is 2. The standard InChI is InChI=1S/C14H25N5/c1-5-8-13(9-6-2)19-11-12(10-17-19)18-14(15-4)16-7-3/h7,10-11,13H,5-6,8-9H2,1-4H3,(H,15,18). The molecule has 5 heteroatoms. The van der Waals surface area contributed by atoms with Crippen molar-refractivity contribution in [3.63, 3.8) is 0 Å². The summed E-state index contributed by atoms with van der Waals surface area (Å²) < 4.78 is 2.05. The number of aromatic nitrogens is 2. The molecule has 0 fully saturated rings. The first-order valence-electron chi connectivity index (χ1n) is 7.01. The summed E-state index contributed by atoms with van der Waals surface area (Å²) in [6, 6.07) is 0.488. The van der Waals surface area contributed by atoms with Crippen molar-refractivity contribution >= 4 is 17.9 Å². The van der Waals surface area contributed by atoms with Crippen LogP contribution in [0.3, 0.4) is 0 Å². The van der Waals surface area contributed by atoms with Crippen LogP contribution in [0, 0.1) is 0 Å². The van der Waals surface area contributed by atoms with Gasteiger partial charge in [0.15, 0.2) is 0 Å². The molecule has 0 aromatic carbocycles. The minimum atomic E-state index is 0.488. The third-order valence-electron chi connectivity index (χ3n) is 2.94. The molecule has 5 nitrogen and oxygen atoms in total. The highest BCUT2D eigenvalue weighted by molar-refractivity contribution is 5.97. The Bertz CT molecular complexity index is 413. The van der Waals surface area contributed by atoms with Crippen LogP contribution < -0.4 is 5.32 Å². The highest BCUT2D eigenvalue weighted by atomic mass is 15.3. The van der Waals surface area contributed by atoms with Crippen LogP contribution in [0.1, 0.15) is 52.5 Å². The third kappa shape index (κ3) is 4.85. The summed E-state index contributed by atoms with van der Waals surface area (Å²) in [6.07, 6.45) is 10.3. The fourth-order valence-electron chi connectivity index (χ4n) is 2.07. The van der Waals surface area contributed by atoms with E-state index in [1.165, 1.54) is 12.8 Å². The first-order valence-corrected chi connectivity index (χ1v) is 7.01. The summed E-state index contributed by atoms with van der Waals surface area (Å²) in [4.78, 5) is 8.21. The second-order valence-electron chi connectivity index (χ2n) is 4.50. The van der Waals surface area contributed by atoms with Gasteiger partial charge in [0, 0.05) is 19.5 Å². The van der Waals surface area contributed by atoms with Crippen molar-refractivity contribution in [2.45, 2.75) is 52.5 Å². The fraction of sp³-hybridized carbons (Fsp3) is 0.643. The second-order valence-corrected chi connectivity index (χ2v) is 4.50. The molecule has 0 bridgehead atoms. The van der Waals surface area contributed by atoms with Crippen LogP contribution in [0.5, 0.6) is 0 Å². The predicted octanol–water partition coefficient (Wildman–Crippen LogP) is 3.51. The molecule has 0 amide bonds. The Morgan fingerprint density at radius 1 is 1.42 bits per heavy atom. The highest BCUT2D eigenvalue weighted by Gasteiger charge is 2.10. The van der Waals surface area contributed by atoms with E-state index in [1.54, 1.807) is 13.3 Å². The van der Waals surface area contributed by atoms with Crippen LogP contribution in [0.25, 0.3) is 0 Å². The molecule has 1 aromatic heterocycles. The fourth-order valence-corrected chi connectivity index (χ4v) is 2.07. The molecule has 1 rings (SSSR count). The Kier molecular flexibility index (Phi) is 6.85. The van der Waals surface area contributed by atoms with Crippen LogP contribution in [0.2, 0.25) is 0 Å². The molecule has 0 aliphatic rings. The average Bonchev–Trinajstić information content (AvgIpc) is 2.86. The van der Waals surface area contributed by atoms with Gasteiger partial charge in [-0.15, -0.1) is 0 Å². The molecule has 0 radical (unpaired) electrons. The van der Waals surface area contributed by atoms with Gasteiger partial charge in [0.1, 0.15) is 0 Å². The van der Waals surface area contributed by atoms with Crippen molar-refractivity contribution in [2.24, 2.45) is 9.98 Å². The van der Waals surface area contributed by atoms with E-state index < -0.39 is 0 Å². The summed E-state index contributed by atoms with van der Waals surface area (Å²) in [6.45, 7) is 6.29. The number of guanidine groups is 1. The minimum Gasteiger partial charge on any atom is -0.322 e. The normalized spacial score (nSPS) is 12.6. The molecule has 0 aliphatic heterocycles. The zero-order valence-electron chi connectivity index (χ0n) is 12.4. The molecule has 0 saturated carbocycles. The topological polar surface area (TPSA) is 54.6 Å². The number of hydrogen-bond donors (Lipinski definition) is 1. The summed E-state index contributed by atoms with van der Waals surface area (Å²) >= 11 is 0. The zero-order valence-corrected chi connectivity index (χ0v) is 12.4. The van der Waals surface area contributed by atoms with E-state index in [-0.39, 0.29) is 0 Å². The number of aliphatic imine (C=N–C) groups is 2. The van der Waals surface area contributed by atoms with E-state index in [0.717, 1.165) is 18.5 Å². The number of nitrogens with one attached hydrogen (secondary N) is 1. The quantitative estimate of drug-likeness (QED) is 0.630. The lowest BCUT2D eigenvalue weighted by Gasteiger charge is -2.15. The van der Waals surface area contributed by atoms with Crippen molar-refractivity contribution in [2.75, 3.05) is 12.4 Å². The maximum absolute atomic E-state index is 4.45. The van der Waals surface area contributed by atoms with Gasteiger partial charge in [-0.2, -0.15) is 5.10 Å². The average molecular weight is 263 g/mol. The van der Waals surface area contributed by atoms with E-state index >= 15 is 0 Å². The molecule has 19 heavy (non-hydrogen) atoms. The van der Waals surface area contributed by atoms with Gasteiger partial charge in [0.2, 0.25) is 5.96 Å². The zero-order chi connectivity index (χ0) is 14.1. The molecule has 0 atom stereocenters. The molecule has 0 aliphatic carbocycles. The largest absolute Gasteiger partial charge is 0.322 e. The predicted molar refractivity (Wildman–Crippen MR) is 82.2 cm³/mol. The highest BCUT2D eigenvalue weighted by Crippen LogP contribution is 2.20. The van der Waals surface area contributed by atoms with Gasteiger partial charge in [-0.25, -0.2) is 4.99 Å². The first kappa shape index (κ1) is 15.4. The summed E-state index contributed by atoms with van der Waals surface area (Å²) in [5.74, 6) is 0.601. The Morgan fingerprint density at radius 2 is 2.11 bits per heavy atom. The van der Waals surface area contributed by atoms with Crippen LogP contribution >= 0.6 is 0 Å². The van der Waals surface area contributed by atoms with Gasteiger partial charge in [0.25, 0.3) is 0 Å². The Hall–Kier alpha value is -1.65. The lowest BCUT2D eigenvalue weighted by Crippen LogP contribution is -2.10. The minimum absolute atomic E-state index is 0.488. The SMILES string of the molecule is CC=NC(=NC)Nc1cnn(C(CCC)CCC)c1. The van der Waals surface area contributed by atoms with Crippen molar-refractivity contribution < 1.29 is 0 Å². The first-order chi connectivity index (χ1) is 9.24. The molecule has 1 heterocycles. The molecule has 106 valence electrons. The van der Waals surface area contributed by atoms with Crippen LogP contribution in [-0.2, 0) is 0 Å². The second kappa shape index (κ2) is 8.45. The maximum atomic E-state index is 4.45. The molecule has 0 spiro atoms. The smallest absolute Gasteiger partial charge is 0.221 e. The molecule has 0 unspecified atom stereocenters. The Balaban J connectivity index is 2.74. The van der Waals surface area contributed by atoms with E-state index in [1.807, 2.05) is 19.3 Å². The Morgan fingerprint density at radius 3 is 2.63 bits per heavy atom. The lowest BCUT2D eigenvalue weighted by atomic mass is 10.1. The van der Waals surface area contributed by atoms with Gasteiger partial charge in [-0.1, -0.05) is 26.7 Å². The monoisotopic (exact) mass is 263 g/mol. The van der Waals surface area contributed by atoms with E-state index in [4.69, 9.17) is 0 Å². The maximum Gasteiger partial charge on any atom is 0.221 e. The summed E-state index contributed by atoms with van der Waals surface area (Å²) in [7, 11) is 1.72.